The van der Waals surface area contributed by atoms with Crippen LogP contribution in [0.5, 0.6) is 0 Å². The molecular formula is C37H56N2O. The van der Waals surface area contributed by atoms with Gasteiger partial charge in [0.15, 0.2) is 0 Å². The predicted octanol–water partition coefficient (Wildman–Crippen LogP) is 9.14. The van der Waals surface area contributed by atoms with Crippen LogP contribution in [0.2, 0.25) is 0 Å². The van der Waals surface area contributed by atoms with Crippen molar-refractivity contribution in [1.82, 2.24) is 10.6 Å². The monoisotopic (exact) mass is 544 g/mol. The lowest BCUT2D eigenvalue weighted by Crippen LogP contribution is -2.67. The molecule has 5 aliphatic rings. The van der Waals surface area contributed by atoms with E-state index in [1.54, 1.807) is 0 Å². The smallest absolute Gasteiger partial charge is 0.315 e. The number of fused-ring (bicyclic) bond motifs is 7. The van der Waals surface area contributed by atoms with E-state index in [4.69, 9.17) is 0 Å². The highest BCUT2D eigenvalue weighted by Gasteiger charge is 2.69. The Hall–Kier alpha value is -1.77. The van der Waals surface area contributed by atoms with Crippen LogP contribution in [0.1, 0.15) is 111 Å². The third kappa shape index (κ3) is 4.14. The second-order valence-corrected chi connectivity index (χ2v) is 16.3. The zero-order valence-corrected chi connectivity index (χ0v) is 26.3. The molecule has 1 aromatic rings. The number of amides is 2. The fourth-order valence-electron chi connectivity index (χ4n) is 12.4. The minimum atomic E-state index is -0.0143. The molecule has 5 saturated carbocycles. The highest BCUT2D eigenvalue weighted by molar-refractivity contribution is 5.74. The highest BCUT2D eigenvalue weighted by Crippen LogP contribution is 2.76. The van der Waals surface area contributed by atoms with Crippen molar-refractivity contribution < 1.29 is 4.79 Å². The van der Waals surface area contributed by atoms with Crippen LogP contribution >= 0.6 is 0 Å². The quantitative estimate of drug-likeness (QED) is 0.365. The molecule has 0 radical (unpaired) electrons. The number of rotatable bonds is 4. The first-order valence-electron chi connectivity index (χ1n) is 16.7. The lowest BCUT2D eigenvalue weighted by molar-refractivity contribution is -0.230. The normalized spacial score (nSPS) is 45.3. The van der Waals surface area contributed by atoms with Gasteiger partial charge in [-0.2, -0.15) is 0 Å². The molecule has 1 aromatic carbocycles. The number of carbonyl (C=O) groups is 1. The van der Waals surface area contributed by atoms with Crippen molar-refractivity contribution in [3.8, 4) is 0 Å². The summed E-state index contributed by atoms with van der Waals surface area (Å²) in [4.78, 5) is 13.0. The summed E-state index contributed by atoms with van der Waals surface area (Å²) in [5.74, 6) is 4.89. The molecule has 0 aromatic heterocycles. The van der Waals surface area contributed by atoms with Crippen LogP contribution in [0.3, 0.4) is 0 Å². The van der Waals surface area contributed by atoms with Crippen LogP contribution < -0.4 is 10.6 Å². The van der Waals surface area contributed by atoms with Gasteiger partial charge in [0.25, 0.3) is 0 Å². The summed E-state index contributed by atoms with van der Waals surface area (Å²) in [5, 5.41) is 6.57. The number of hydrogen-bond acceptors (Lipinski definition) is 1. The van der Waals surface area contributed by atoms with E-state index in [-0.39, 0.29) is 17.5 Å². The average Bonchev–Trinajstić information content (AvgIpc) is 3.35. The molecule has 0 bridgehead atoms. The van der Waals surface area contributed by atoms with Gasteiger partial charge in [-0.15, -0.1) is 0 Å². The van der Waals surface area contributed by atoms with E-state index in [0.29, 0.717) is 28.7 Å². The molecule has 6 rings (SSSR count). The van der Waals surface area contributed by atoms with Gasteiger partial charge in [0, 0.05) is 12.6 Å². The number of benzene rings is 1. The van der Waals surface area contributed by atoms with Crippen molar-refractivity contribution in [2.75, 3.05) is 0 Å². The van der Waals surface area contributed by atoms with Crippen molar-refractivity contribution in [3.63, 3.8) is 0 Å². The number of allylic oxidation sites excluding steroid dienone is 1. The maximum Gasteiger partial charge on any atom is 0.315 e. The molecule has 1 unspecified atom stereocenters. The Morgan fingerprint density at radius 3 is 2.30 bits per heavy atom. The van der Waals surface area contributed by atoms with E-state index in [2.05, 4.69) is 70.9 Å². The first-order valence-corrected chi connectivity index (χ1v) is 16.7. The highest BCUT2D eigenvalue weighted by atomic mass is 16.2. The minimum Gasteiger partial charge on any atom is -0.335 e. The molecule has 3 heteroatoms. The van der Waals surface area contributed by atoms with E-state index < -0.39 is 0 Å². The molecule has 5 fully saturated rings. The molecule has 220 valence electrons. The van der Waals surface area contributed by atoms with Gasteiger partial charge in [-0.05, 0) is 134 Å². The van der Waals surface area contributed by atoms with E-state index in [1.807, 2.05) is 18.2 Å². The molecule has 2 N–H and O–H groups in total. The maximum atomic E-state index is 13.0. The summed E-state index contributed by atoms with van der Waals surface area (Å²) in [6.07, 6.45) is 13.5. The number of hydrogen-bond donors (Lipinski definition) is 2. The summed E-state index contributed by atoms with van der Waals surface area (Å²) in [6.45, 7) is 20.5. The molecule has 2 amide bonds. The van der Waals surface area contributed by atoms with E-state index in [0.717, 1.165) is 41.6 Å². The van der Waals surface area contributed by atoms with Gasteiger partial charge in [-0.25, -0.2) is 4.79 Å². The predicted molar refractivity (Wildman–Crippen MR) is 166 cm³/mol. The summed E-state index contributed by atoms with van der Waals surface area (Å²) >= 11 is 0. The van der Waals surface area contributed by atoms with E-state index in [9.17, 15) is 4.79 Å². The van der Waals surface area contributed by atoms with Crippen LogP contribution in [0.4, 0.5) is 4.79 Å². The summed E-state index contributed by atoms with van der Waals surface area (Å²) in [5.41, 5.74) is 3.90. The van der Waals surface area contributed by atoms with Crippen LogP contribution in [0, 0.1) is 57.2 Å². The Morgan fingerprint density at radius 1 is 0.850 bits per heavy atom. The topological polar surface area (TPSA) is 41.1 Å². The molecule has 10 atom stereocenters. The first-order chi connectivity index (χ1) is 18.9. The van der Waals surface area contributed by atoms with Gasteiger partial charge in [0.1, 0.15) is 0 Å². The molecule has 0 spiro atoms. The Bertz CT molecular complexity index is 1130. The van der Waals surface area contributed by atoms with Gasteiger partial charge in [-0.1, -0.05) is 77.1 Å². The molecular weight excluding hydrogens is 488 g/mol. The zero-order chi connectivity index (χ0) is 28.5. The Morgan fingerprint density at radius 2 is 1.57 bits per heavy atom. The van der Waals surface area contributed by atoms with Gasteiger partial charge < -0.3 is 10.6 Å². The van der Waals surface area contributed by atoms with Crippen LogP contribution in [-0.4, -0.2) is 12.1 Å². The molecule has 3 nitrogen and oxygen atoms in total. The fraction of sp³-hybridized carbons (Fsp3) is 0.757. The molecule has 0 heterocycles. The third-order valence-corrected chi connectivity index (χ3v) is 14.6. The second kappa shape index (κ2) is 9.91. The van der Waals surface area contributed by atoms with Crippen LogP contribution in [0.25, 0.3) is 0 Å². The standard InChI is InChI=1S/C37H56N2O/c1-24(2)27-14-13-26-17-21-36(6)28(32(26)27)15-16-30-35(5)20-19-31(34(3,4)29(35)18-22-37(30,36)7)39-33(40)38-23-25-11-9-8-10-12-25/h8-12,26-32H,1,13-23H2,2-7H3,(H2,38,39,40)/t26-,27+,28-,29+,30-,31?,32-,35+,36-,37-/m1/s1. The number of nitrogens with one attached hydrogen (secondary N) is 2. The van der Waals surface area contributed by atoms with Crippen molar-refractivity contribution in [3.05, 3.63) is 48.0 Å². The molecule has 40 heavy (non-hydrogen) atoms. The molecule has 0 saturated heterocycles. The van der Waals surface area contributed by atoms with Gasteiger partial charge in [0.2, 0.25) is 0 Å². The van der Waals surface area contributed by atoms with Gasteiger partial charge in [-0.3, -0.25) is 0 Å². The van der Waals surface area contributed by atoms with Crippen LogP contribution in [0.15, 0.2) is 42.5 Å². The van der Waals surface area contributed by atoms with E-state index >= 15 is 0 Å². The van der Waals surface area contributed by atoms with Crippen molar-refractivity contribution in [2.45, 2.75) is 118 Å². The summed E-state index contributed by atoms with van der Waals surface area (Å²) in [6, 6.07) is 10.4. The lowest BCUT2D eigenvalue weighted by atomic mass is 9.33. The lowest BCUT2D eigenvalue weighted by Gasteiger charge is -2.72. The van der Waals surface area contributed by atoms with Gasteiger partial charge in [0.05, 0.1) is 0 Å². The SMILES string of the molecule is C=C(C)[C@@H]1CC[C@@H]2CC[C@]3(C)[C@H](CC[C@@H]4[C@@]5(C)CCC(NC(=O)NCc6ccccc6)C(C)(C)[C@@H]5CC[C@]43C)[C@H]21. The first kappa shape index (κ1) is 28.4. The van der Waals surface area contributed by atoms with Crippen LogP contribution in [-0.2, 0) is 6.54 Å². The largest absolute Gasteiger partial charge is 0.335 e. The third-order valence-electron chi connectivity index (χ3n) is 14.6. The fourth-order valence-corrected chi connectivity index (χ4v) is 12.4. The van der Waals surface area contributed by atoms with E-state index in [1.165, 1.54) is 63.4 Å². The summed E-state index contributed by atoms with van der Waals surface area (Å²) < 4.78 is 0. The Kier molecular flexibility index (Phi) is 7.02. The van der Waals surface area contributed by atoms with Gasteiger partial charge >= 0.3 is 6.03 Å². The zero-order valence-electron chi connectivity index (χ0n) is 26.3. The minimum absolute atomic E-state index is 0.0143. The summed E-state index contributed by atoms with van der Waals surface area (Å²) in [7, 11) is 0. The number of urea groups is 1. The maximum absolute atomic E-state index is 13.0. The number of carbonyl (C=O) groups excluding carboxylic acids is 1. The second-order valence-electron chi connectivity index (χ2n) is 16.3. The Labute approximate surface area is 244 Å². The molecule has 5 aliphatic carbocycles. The Balaban J connectivity index is 1.20. The average molecular weight is 545 g/mol. The molecule has 0 aliphatic heterocycles. The van der Waals surface area contributed by atoms with Crippen molar-refractivity contribution in [1.29, 1.82) is 0 Å². The van der Waals surface area contributed by atoms with Crippen molar-refractivity contribution >= 4 is 6.03 Å². The van der Waals surface area contributed by atoms with Crippen molar-refractivity contribution in [2.24, 2.45) is 57.2 Å².